The number of hydrogen-bond acceptors (Lipinski definition) is 4. The van der Waals surface area contributed by atoms with Gasteiger partial charge < -0.3 is 19.1 Å². The molecule has 0 heterocycles. The number of unbranched alkanes of at least 4 members (excludes halogenated alkanes) is 1. The van der Waals surface area contributed by atoms with Crippen molar-refractivity contribution in [2.75, 3.05) is 49.6 Å². The molecule has 3 aromatic rings. The van der Waals surface area contributed by atoms with Crippen molar-refractivity contribution < 1.29 is 14.2 Å². The van der Waals surface area contributed by atoms with Gasteiger partial charge in [-0.1, -0.05) is 55.5 Å². The smallest absolute Gasteiger partial charge is 0.120 e. The Morgan fingerprint density at radius 1 is 0.809 bits per heavy atom. The molecule has 4 nitrogen and oxygen atoms in total. The summed E-state index contributed by atoms with van der Waals surface area (Å²) in [4.78, 5) is 2.24. The zero-order chi connectivity index (χ0) is 32.5. The Morgan fingerprint density at radius 2 is 1.62 bits per heavy atom. The number of aryl methyl sites for hydroxylation is 2. The average molecular weight is 679 g/mol. The van der Waals surface area contributed by atoms with Gasteiger partial charge in [-0.25, -0.2) is 0 Å². The van der Waals surface area contributed by atoms with E-state index in [-0.39, 0.29) is 5.41 Å². The standard InChI is InChI=1S/C41H53Cl2NO3/c1-41-21-20-37-36-17-15-35(47-30-32-8-3-2-4-9-32)29-33(36)12-16-38(37)39(41)18-19-40(41)46-28-27-45-26-6-5-7-31-10-13-34(14-11-31)44(24-22-42)25-23-43/h2-4,8-11,13-15,17,29,37-40H,5-7,12,16,18-28,30H2,1H3/t37-,38-,39+,40+,41+/m1/s1. The second-order valence-electron chi connectivity index (χ2n) is 14.1. The zero-order valence-corrected chi connectivity index (χ0v) is 29.7. The largest absolute Gasteiger partial charge is 0.489 e. The van der Waals surface area contributed by atoms with Gasteiger partial charge in [0.15, 0.2) is 0 Å². The predicted molar refractivity (Wildman–Crippen MR) is 195 cm³/mol. The number of hydrogen-bond donors (Lipinski definition) is 0. The minimum atomic E-state index is 0.290. The van der Waals surface area contributed by atoms with Crippen LogP contribution in [0.3, 0.4) is 0 Å². The van der Waals surface area contributed by atoms with Crippen molar-refractivity contribution in [3.05, 3.63) is 95.1 Å². The second kappa shape index (κ2) is 16.9. The van der Waals surface area contributed by atoms with Crippen LogP contribution in [0.2, 0.25) is 0 Å². The summed E-state index contributed by atoms with van der Waals surface area (Å²) in [7, 11) is 0. The molecular weight excluding hydrogens is 625 g/mol. The molecule has 0 aromatic heterocycles. The van der Waals surface area contributed by atoms with Crippen molar-refractivity contribution in [3.8, 4) is 5.75 Å². The lowest BCUT2D eigenvalue weighted by atomic mass is 9.55. The Balaban J connectivity index is 0.898. The highest BCUT2D eigenvalue weighted by Crippen LogP contribution is 2.61. The maximum atomic E-state index is 6.58. The van der Waals surface area contributed by atoms with Crippen molar-refractivity contribution in [3.63, 3.8) is 0 Å². The van der Waals surface area contributed by atoms with Gasteiger partial charge in [0.1, 0.15) is 12.4 Å². The monoisotopic (exact) mass is 677 g/mol. The molecule has 2 saturated carbocycles. The van der Waals surface area contributed by atoms with E-state index in [1.165, 1.54) is 54.5 Å². The van der Waals surface area contributed by atoms with Crippen LogP contribution < -0.4 is 9.64 Å². The Hall–Kier alpha value is -2.24. The van der Waals surface area contributed by atoms with Crippen LogP contribution in [-0.2, 0) is 28.9 Å². The van der Waals surface area contributed by atoms with Crippen LogP contribution >= 0.6 is 23.2 Å². The van der Waals surface area contributed by atoms with E-state index in [1.807, 2.05) is 0 Å². The minimum Gasteiger partial charge on any atom is -0.489 e. The van der Waals surface area contributed by atoms with Crippen molar-refractivity contribution >= 4 is 28.9 Å². The third-order valence-electron chi connectivity index (χ3n) is 11.4. The second-order valence-corrected chi connectivity index (χ2v) is 14.9. The summed E-state index contributed by atoms with van der Waals surface area (Å²) in [6.45, 7) is 6.99. The molecule has 6 rings (SSSR count). The third kappa shape index (κ3) is 8.50. The van der Waals surface area contributed by atoms with Gasteiger partial charge >= 0.3 is 0 Å². The minimum absolute atomic E-state index is 0.290. The number of anilines is 1. The molecule has 0 amide bonds. The normalized spacial score (nSPS) is 24.7. The molecule has 0 radical (unpaired) electrons. The molecule has 0 aliphatic heterocycles. The Bertz CT molecular complexity index is 1380. The molecular formula is C41H53Cl2NO3. The number of fused-ring (bicyclic) bond motifs is 5. The van der Waals surface area contributed by atoms with E-state index in [4.69, 9.17) is 37.4 Å². The van der Waals surface area contributed by atoms with Gasteiger partial charge in [0.05, 0.1) is 19.3 Å². The number of ether oxygens (including phenoxy) is 3. The molecule has 0 N–H and O–H groups in total. The number of nitrogens with zero attached hydrogens (tertiary/aromatic N) is 1. The quantitative estimate of drug-likeness (QED) is 0.105. The van der Waals surface area contributed by atoms with E-state index in [9.17, 15) is 0 Å². The van der Waals surface area contributed by atoms with Crippen LogP contribution in [0, 0.1) is 17.3 Å². The van der Waals surface area contributed by atoms with E-state index in [1.54, 1.807) is 5.56 Å². The molecule has 3 aliphatic rings. The Morgan fingerprint density at radius 3 is 2.40 bits per heavy atom. The number of alkyl halides is 2. The topological polar surface area (TPSA) is 30.9 Å². The van der Waals surface area contributed by atoms with Gasteiger partial charge in [0.2, 0.25) is 0 Å². The molecule has 6 heteroatoms. The summed E-state index contributed by atoms with van der Waals surface area (Å²) >= 11 is 11.9. The van der Waals surface area contributed by atoms with Crippen LogP contribution in [-0.4, -0.2) is 50.8 Å². The third-order valence-corrected chi connectivity index (χ3v) is 11.8. The zero-order valence-electron chi connectivity index (χ0n) is 28.2. The van der Waals surface area contributed by atoms with E-state index in [2.05, 4.69) is 84.6 Å². The highest BCUT2D eigenvalue weighted by molar-refractivity contribution is 6.18. The fourth-order valence-corrected chi connectivity index (χ4v) is 9.36. The first-order chi connectivity index (χ1) is 23.1. The van der Waals surface area contributed by atoms with Crippen LogP contribution in [0.4, 0.5) is 5.69 Å². The first-order valence-electron chi connectivity index (χ1n) is 18.0. The summed E-state index contributed by atoms with van der Waals surface area (Å²) in [5.41, 5.74) is 7.15. The highest BCUT2D eigenvalue weighted by atomic mass is 35.5. The lowest BCUT2D eigenvalue weighted by molar-refractivity contribution is -0.0771. The first-order valence-corrected chi connectivity index (χ1v) is 19.1. The van der Waals surface area contributed by atoms with Gasteiger partial charge in [0.25, 0.3) is 0 Å². The molecule has 3 aliphatic carbocycles. The van der Waals surface area contributed by atoms with Crippen LogP contribution in [0.15, 0.2) is 72.8 Å². The summed E-state index contributed by atoms with van der Waals surface area (Å²) in [6.07, 6.45) is 11.1. The van der Waals surface area contributed by atoms with Gasteiger partial charge in [-0.05, 0) is 127 Å². The maximum Gasteiger partial charge on any atom is 0.120 e. The lowest BCUT2D eigenvalue weighted by Crippen LogP contribution is -2.44. The number of benzene rings is 3. The molecule has 3 aromatic carbocycles. The highest BCUT2D eigenvalue weighted by Gasteiger charge is 2.55. The summed E-state index contributed by atoms with van der Waals surface area (Å²) < 4.78 is 18.8. The fourth-order valence-electron chi connectivity index (χ4n) is 8.95. The van der Waals surface area contributed by atoms with Gasteiger partial charge in [-0.15, -0.1) is 23.2 Å². The van der Waals surface area contributed by atoms with E-state index in [0.29, 0.717) is 43.6 Å². The maximum absolute atomic E-state index is 6.58. The SMILES string of the molecule is C[C@]12CC[C@@H]3c4ccc(OCc5ccccc5)cc4CC[C@H]3[C@@H]1CC[C@@H]2OCCOCCCCc1ccc(N(CCCl)CCCl)cc1. The molecule has 5 atom stereocenters. The van der Waals surface area contributed by atoms with E-state index >= 15 is 0 Å². The van der Waals surface area contributed by atoms with Gasteiger partial charge in [-0.2, -0.15) is 0 Å². The molecule has 254 valence electrons. The van der Waals surface area contributed by atoms with Crippen molar-refractivity contribution in [2.45, 2.75) is 83.3 Å². The molecule has 0 unspecified atom stereocenters. The van der Waals surface area contributed by atoms with Crippen LogP contribution in [0.5, 0.6) is 5.75 Å². The lowest BCUT2D eigenvalue weighted by Gasteiger charge is -2.50. The van der Waals surface area contributed by atoms with Crippen LogP contribution in [0.25, 0.3) is 0 Å². The Labute approximate surface area is 293 Å². The average Bonchev–Trinajstić information content (AvgIpc) is 3.45. The summed E-state index contributed by atoms with van der Waals surface area (Å²) in [6, 6.07) is 26.2. The fraction of sp³-hybridized carbons (Fsp3) is 0.561. The molecule has 47 heavy (non-hydrogen) atoms. The van der Waals surface area contributed by atoms with Crippen LogP contribution in [0.1, 0.15) is 80.0 Å². The number of halogens is 2. The molecule has 0 spiro atoms. The Kier molecular flexibility index (Phi) is 12.5. The van der Waals surface area contributed by atoms with Crippen molar-refractivity contribution in [1.29, 1.82) is 0 Å². The summed E-state index contributed by atoms with van der Waals surface area (Å²) in [5.74, 6) is 4.42. The van der Waals surface area contributed by atoms with Gasteiger partial charge in [-0.3, -0.25) is 0 Å². The van der Waals surface area contributed by atoms with E-state index < -0.39 is 0 Å². The number of rotatable bonds is 17. The molecule has 0 bridgehead atoms. The van der Waals surface area contributed by atoms with E-state index in [0.717, 1.165) is 63.0 Å². The molecule has 0 saturated heterocycles. The van der Waals surface area contributed by atoms with Crippen molar-refractivity contribution in [1.82, 2.24) is 0 Å². The van der Waals surface area contributed by atoms with Gasteiger partial charge in [0, 0.05) is 37.1 Å². The van der Waals surface area contributed by atoms with Crippen molar-refractivity contribution in [2.24, 2.45) is 17.3 Å². The predicted octanol–water partition coefficient (Wildman–Crippen LogP) is 9.83. The molecule has 2 fully saturated rings. The summed E-state index contributed by atoms with van der Waals surface area (Å²) in [5, 5.41) is 0. The first kappa shape index (κ1) is 34.6.